The molecular weight excluding hydrogens is 527 g/mol. The van der Waals surface area contributed by atoms with Crippen LogP contribution in [0.4, 0.5) is 5.13 Å². The first-order chi connectivity index (χ1) is 16.8. The van der Waals surface area contributed by atoms with E-state index in [1.165, 1.54) is 23.1 Å². The molecule has 4 aromatic rings. The lowest BCUT2D eigenvalue weighted by Gasteiger charge is -2.13. The average Bonchev–Trinajstić information content (AvgIpc) is 3.45. The second kappa shape index (κ2) is 11.2. The normalized spacial score (nSPS) is 11.8. The summed E-state index contributed by atoms with van der Waals surface area (Å²) in [5.41, 5.74) is 2.18. The van der Waals surface area contributed by atoms with E-state index >= 15 is 0 Å². The molecule has 2 heterocycles. The van der Waals surface area contributed by atoms with Crippen LogP contribution in [0.3, 0.4) is 0 Å². The van der Waals surface area contributed by atoms with Crippen molar-refractivity contribution in [1.29, 1.82) is 0 Å². The number of benzene rings is 2. The van der Waals surface area contributed by atoms with Gasteiger partial charge in [-0.05, 0) is 43.3 Å². The predicted molar refractivity (Wildman–Crippen MR) is 140 cm³/mol. The second-order valence-corrected chi connectivity index (χ2v) is 10.2. The molecule has 8 nitrogen and oxygen atoms in total. The molecular formula is C23H20Cl2N6O2S2. The minimum absolute atomic E-state index is 0.132. The SMILES string of the molecule is C[C@H](NC(=O)c1ccc(Cl)cc1)c1nnc(SCC(=O)Nc2nc(-c3ccc(Cl)cc3)cs2)n1C. The molecule has 35 heavy (non-hydrogen) atoms. The van der Waals surface area contributed by atoms with Gasteiger partial charge in [0.2, 0.25) is 5.91 Å². The van der Waals surface area contributed by atoms with E-state index in [0.717, 1.165) is 11.3 Å². The van der Waals surface area contributed by atoms with Crippen LogP contribution in [0.2, 0.25) is 10.0 Å². The monoisotopic (exact) mass is 546 g/mol. The largest absolute Gasteiger partial charge is 0.342 e. The Morgan fingerprint density at radius 1 is 1.06 bits per heavy atom. The third-order valence-electron chi connectivity index (χ3n) is 4.93. The Kier molecular flexibility index (Phi) is 8.07. The summed E-state index contributed by atoms with van der Waals surface area (Å²) in [7, 11) is 1.79. The van der Waals surface area contributed by atoms with Gasteiger partial charge < -0.3 is 15.2 Å². The number of rotatable bonds is 8. The first kappa shape index (κ1) is 25.2. The summed E-state index contributed by atoms with van der Waals surface area (Å²) in [4.78, 5) is 29.4. The zero-order chi connectivity index (χ0) is 24.9. The number of hydrogen-bond acceptors (Lipinski definition) is 7. The highest BCUT2D eigenvalue weighted by atomic mass is 35.5. The number of carbonyl (C=O) groups is 2. The van der Waals surface area contributed by atoms with Crippen molar-refractivity contribution < 1.29 is 9.59 Å². The Morgan fingerprint density at radius 3 is 2.40 bits per heavy atom. The van der Waals surface area contributed by atoms with E-state index in [9.17, 15) is 9.59 Å². The third kappa shape index (κ3) is 6.40. The lowest BCUT2D eigenvalue weighted by molar-refractivity contribution is -0.113. The van der Waals surface area contributed by atoms with Gasteiger partial charge in [0.15, 0.2) is 16.1 Å². The zero-order valence-electron chi connectivity index (χ0n) is 18.7. The Balaban J connectivity index is 1.31. The number of anilines is 1. The summed E-state index contributed by atoms with van der Waals surface area (Å²) >= 11 is 14.4. The van der Waals surface area contributed by atoms with Crippen molar-refractivity contribution in [2.75, 3.05) is 11.1 Å². The summed E-state index contributed by atoms with van der Waals surface area (Å²) in [6.45, 7) is 1.82. The van der Waals surface area contributed by atoms with Crippen LogP contribution >= 0.6 is 46.3 Å². The molecule has 0 bridgehead atoms. The maximum absolute atomic E-state index is 12.5. The van der Waals surface area contributed by atoms with Crippen LogP contribution in [0, 0.1) is 0 Å². The van der Waals surface area contributed by atoms with Gasteiger partial charge in [0, 0.05) is 33.6 Å². The molecule has 0 aliphatic carbocycles. The van der Waals surface area contributed by atoms with Crippen molar-refractivity contribution in [3.63, 3.8) is 0 Å². The van der Waals surface area contributed by atoms with Crippen molar-refractivity contribution in [2.45, 2.75) is 18.1 Å². The molecule has 0 radical (unpaired) electrons. The van der Waals surface area contributed by atoms with Gasteiger partial charge >= 0.3 is 0 Å². The topological polar surface area (TPSA) is 102 Å². The Morgan fingerprint density at radius 2 is 1.71 bits per heavy atom. The van der Waals surface area contributed by atoms with Crippen molar-refractivity contribution in [1.82, 2.24) is 25.1 Å². The van der Waals surface area contributed by atoms with Crippen LogP contribution in [0.25, 0.3) is 11.3 Å². The standard InChI is InChI=1S/C23H20Cl2N6O2S2/c1-13(26-21(33)15-5-9-17(25)10-6-15)20-29-30-23(31(20)2)35-12-19(32)28-22-27-18(11-34-22)14-3-7-16(24)8-4-14/h3-11,13H,12H2,1-2H3,(H,26,33)(H,27,28,32)/t13-/m0/s1. The van der Waals surface area contributed by atoms with Gasteiger partial charge in [-0.2, -0.15) is 0 Å². The number of nitrogens with one attached hydrogen (secondary N) is 2. The highest BCUT2D eigenvalue weighted by Crippen LogP contribution is 2.26. The summed E-state index contributed by atoms with van der Waals surface area (Å²) in [5.74, 6) is 0.253. The molecule has 0 spiro atoms. The third-order valence-corrected chi connectivity index (χ3v) is 7.21. The lowest BCUT2D eigenvalue weighted by Crippen LogP contribution is -2.28. The Bertz CT molecular complexity index is 1340. The number of amides is 2. The first-order valence-electron chi connectivity index (χ1n) is 10.4. The van der Waals surface area contributed by atoms with Crippen molar-refractivity contribution in [2.24, 2.45) is 7.05 Å². The fourth-order valence-electron chi connectivity index (χ4n) is 3.14. The van der Waals surface area contributed by atoms with E-state index < -0.39 is 0 Å². The second-order valence-electron chi connectivity index (χ2n) is 7.48. The molecule has 0 fully saturated rings. The van der Waals surface area contributed by atoms with Crippen LogP contribution in [-0.2, 0) is 11.8 Å². The smallest absolute Gasteiger partial charge is 0.251 e. The molecule has 0 aliphatic rings. The van der Waals surface area contributed by atoms with Crippen LogP contribution in [0.1, 0.15) is 29.1 Å². The lowest BCUT2D eigenvalue weighted by atomic mass is 10.2. The van der Waals surface area contributed by atoms with Gasteiger partial charge in [-0.15, -0.1) is 21.5 Å². The van der Waals surface area contributed by atoms with E-state index in [1.807, 2.05) is 24.4 Å². The van der Waals surface area contributed by atoms with E-state index in [4.69, 9.17) is 23.2 Å². The molecule has 2 amide bonds. The number of halogens is 2. The molecule has 180 valence electrons. The Hall–Kier alpha value is -2.92. The van der Waals surface area contributed by atoms with Crippen LogP contribution in [-0.4, -0.2) is 37.3 Å². The number of thioether (sulfide) groups is 1. The molecule has 0 unspecified atom stereocenters. The number of carbonyl (C=O) groups excluding carboxylic acids is 2. The van der Waals surface area contributed by atoms with Crippen molar-refractivity contribution in [3.8, 4) is 11.3 Å². The molecule has 0 saturated heterocycles. The van der Waals surface area contributed by atoms with Gasteiger partial charge in [-0.3, -0.25) is 9.59 Å². The predicted octanol–water partition coefficient (Wildman–Crippen LogP) is 5.47. The van der Waals surface area contributed by atoms with E-state index in [1.54, 1.807) is 48.0 Å². The molecule has 0 saturated carbocycles. The molecule has 4 rings (SSSR count). The van der Waals surface area contributed by atoms with Crippen molar-refractivity contribution >= 4 is 63.2 Å². The molecule has 0 aliphatic heterocycles. The molecule has 12 heteroatoms. The average molecular weight is 547 g/mol. The van der Waals surface area contributed by atoms with Crippen molar-refractivity contribution in [3.05, 3.63) is 75.3 Å². The molecule has 2 aromatic carbocycles. The summed E-state index contributed by atoms with van der Waals surface area (Å²) < 4.78 is 1.76. The minimum Gasteiger partial charge on any atom is -0.342 e. The quantitative estimate of drug-likeness (QED) is 0.284. The van der Waals surface area contributed by atoms with Gasteiger partial charge in [0.05, 0.1) is 17.5 Å². The van der Waals surface area contributed by atoms with Gasteiger partial charge in [-0.25, -0.2) is 4.98 Å². The van der Waals surface area contributed by atoms with Gasteiger partial charge in [0.1, 0.15) is 0 Å². The van der Waals surface area contributed by atoms with Crippen LogP contribution < -0.4 is 10.6 Å². The Labute approximate surface area is 220 Å². The summed E-state index contributed by atoms with van der Waals surface area (Å²) in [6, 6.07) is 13.6. The van der Waals surface area contributed by atoms with Gasteiger partial charge in [0.25, 0.3) is 5.91 Å². The maximum Gasteiger partial charge on any atom is 0.251 e. The van der Waals surface area contributed by atoms with E-state index in [0.29, 0.717) is 31.7 Å². The zero-order valence-corrected chi connectivity index (χ0v) is 21.8. The van der Waals surface area contributed by atoms with Crippen LogP contribution in [0.5, 0.6) is 0 Å². The first-order valence-corrected chi connectivity index (χ1v) is 13.0. The summed E-state index contributed by atoms with van der Waals surface area (Å²) in [5, 5.41) is 18.2. The minimum atomic E-state index is -0.388. The maximum atomic E-state index is 12.5. The number of aromatic nitrogens is 4. The van der Waals surface area contributed by atoms with E-state index in [-0.39, 0.29) is 23.6 Å². The highest BCUT2D eigenvalue weighted by molar-refractivity contribution is 7.99. The van der Waals surface area contributed by atoms with Gasteiger partial charge in [-0.1, -0.05) is 47.1 Å². The fourth-order valence-corrected chi connectivity index (χ4v) is 4.85. The molecule has 2 aromatic heterocycles. The number of thiazole rings is 1. The molecule has 2 N–H and O–H groups in total. The van der Waals surface area contributed by atoms with E-state index in [2.05, 4.69) is 25.8 Å². The number of nitrogens with zero attached hydrogens (tertiary/aromatic N) is 4. The molecule has 1 atom stereocenters. The van der Waals surface area contributed by atoms with Crippen LogP contribution in [0.15, 0.2) is 59.1 Å². The highest BCUT2D eigenvalue weighted by Gasteiger charge is 2.19. The number of hydrogen-bond donors (Lipinski definition) is 2. The fraction of sp³-hybridized carbons (Fsp3) is 0.174. The summed E-state index contributed by atoms with van der Waals surface area (Å²) in [6.07, 6.45) is 0.